The minimum Gasteiger partial charge on any atom is -0.394 e. The first-order valence-corrected chi connectivity index (χ1v) is 13.9. The Kier molecular flexibility index (Phi) is 5.82. The van der Waals surface area contributed by atoms with Crippen LogP contribution >= 0.6 is 11.6 Å². The molecule has 2 aromatic heterocycles. The lowest BCUT2D eigenvalue weighted by Crippen LogP contribution is -2.49. The molecule has 0 spiro atoms. The van der Waals surface area contributed by atoms with Crippen molar-refractivity contribution in [3.63, 3.8) is 0 Å². The molecule has 4 aliphatic rings. The van der Waals surface area contributed by atoms with Crippen molar-refractivity contribution in [1.82, 2.24) is 19.9 Å². The Morgan fingerprint density at radius 3 is 2.71 bits per heavy atom. The molecule has 2 aliphatic heterocycles. The van der Waals surface area contributed by atoms with Gasteiger partial charge in [0.05, 0.1) is 33.7 Å². The molecule has 180 valence electrons. The number of aliphatic hydroxyl groups is 1. The number of nitrogens with one attached hydrogen (secondary N) is 1. The van der Waals surface area contributed by atoms with Gasteiger partial charge >= 0.3 is 0 Å². The van der Waals surface area contributed by atoms with E-state index in [1.54, 1.807) is 12.4 Å². The normalized spacial score (nSPS) is 27.4. The van der Waals surface area contributed by atoms with Crippen LogP contribution in [0.1, 0.15) is 50.0 Å². The molecule has 10 heteroatoms. The molecule has 0 bridgehead atoms. The van der Waals surface area contributed by atoms with E-state index in [1.165, 1.54) is 5.57 Å². The monoisotopic (exact) mass is 500 g/mol. The average molecular weight is 501 g/mol. The average Bonchev–Trinajstić information content (AvgIpc) is 3.33. The third-order valence-corrected chi connectivity index (χ3v) is 9.46. The van der Waals surface area contributed by atoms with Crippen molar-refractivity contribution in [3.8, 4) is 0 Å². The molecule has 3 atom stereocenters. The number of hydrogen-bond donors (Lipinski definition) is 2. The van der Waals surface area contributed by atoms with Gasteiger partial charge < -0.3 is 15.3 Å². The fraction of sp³-hybridized carbons (Fsp3) is 0.583. The Bertz CT molecular complexity index is 1150. The summed E-state index contributed by atoms with van der Waals surface area (Å²) >= 11 is 5.94. The Balaban J connectivity index is 1.29. The highest BCUT2D eigenvalue weighted by Gasteiger charge is 2.41. The fourth-order valence-corrected chi connectivity index (χ4v) is 7.13. The van der Waals surface area contributed by atoms with Gasteiger partial charge in [0.2, 0.25) is 5.95 Å². The summed E-state index contributed by atoms with van der Waals surface area (Å²) in [5, 5.41) is 14.1. The number of anilines is 2. The second kappa shape index (κ2) is 8.84. The van der Waals surface area contributed by atoms with E-state index in [1.807, 2.05) is 0 Å². The van der Waals surface area contributed by atoms with Crippen LogP contribution in [0.4, 0.5) is 11.8 Å². The second-order valence-corrected chi connectivity index (χ2v) is 12.0. The number of halogens is 1. The molecule has 2 aromatic rings. The third kappa shape index (κ3) is 4.01. The van der Waals surface area contributed by atoms with E-state index in [9.17, 15) is 9.32 Å². The van der Waals surface area contributed by atoms with Crippen LogP contribution in [0.15, 0.2) is 23.4 Å². The zero-order chi connectivity index (χ0) is 23.3. The molecule has 0 radical (unpaired) electrons. The maximum atomic E-state index is 13.1. The summed E-state index contributed by atoms with van der Waals surface area (Å²) in [6.45, 7) is 1.76. The molecule has 6 rings (SSSR count). The molecule has 2 unspecified atom stereocenters. The predicted octanol–water partition coefficient (Wildman–Crippen LogP) is 3.23. The predicted molar refractivity (Wildman–Crippen MR) is 132 cm³/mol. The lowest BCUT2D eigenvalue weighted by atomic mass is 9.77. The van der Waals surface area contributed by atoms with Gasteiger partial charge in [-0.25, -0.2) is 15.0 Å². The lowest BCUT2D eigenvalue weighted by Gasteiger charge is -2.42. The first kappa shape index (κ1) is 22.4. The minimum absolute atomic E-state index is 0.0575. The van der Waals surface area contributed by atoms with Crippen molar-refractivity contribution >= 4 is 39.7 Å². The Labute approximate surface area is 206 Å². The van der Waals surface area contributed by atoms with E-state index in [2.05, 4.69) is 26.3 Å². The van der Waals surface area contributed by atoms with E-state index in [0.29, 0.717) is 34.4 Å². The Morgan fingerprint density at radius 1 is 1.18 bits per heavy atom. The van der Waals surface area contributed by atoms with Crippen LogP contribution in [0.3, 0.4) is 0 Å². The van der Waals surface area contributed by atoms with Gasteiger partial charge in [-0.2, -0.15) is 4.98 Å². The van der Waals surface area contributed by atoms with E-state index in [4.69, 9.17) is 21.6 Å². The van der Waals surface area contributed by atoms with Crippen molar-refractivity contribution in [3.05, 3.63) is 35.0 Å². The highest BCUT2D eigenvalue weighted by Crippen LogP contribution is 2.42. The van der Waals surface area contributed by atoms with Gasteiger partial charge in [-0.3, -0.25) is 4.21 Å². The summed E-state index contributed by atoms with van der Waals surface area (Å²) < 4.78 is 13.1. The molecule has 0 aromatic carbocycles. The molecule has 34 heavy (non-hydrogen) atoms. The summed E-state index contributed by atoms with van der Waals surface area (Å²) in [6.07, 6.45) is 12.1. The van der Waals surface area contributed by atoms with Gasteiger partial charge in [0.1, 0.15) is 10.7 Å². The van der Waals surface area contributed by atoms with Crippen molar-refractivity contribution < 1.29 is 9.32 Å². The number of rotatable bonds is 5. The van der Waals surface area contributed by atoms with Gasteiger partial charge in [-0.15, -0.1) is 0 Å². The molecule has 1 saturated heterocycles. The Morgan fingerprint density at radius 2 is 2.00 bits per heavy atom. The van der Waals surface area contributed by atoms with Gasteiger partial charge in [0, 0.05) is 31.2 Å². The quantitative estimate of drug-likeness (QED) is 0.644. The van der Waals surface area contributed by atoms with Crippen molar-refractivity contribution in [1.29, 1.82) is 0 Å². The molecule has 4 heterocycles. The van der Waals surface area contributed by atoms with E-state index >= 15 is 0 Å². The van der Waals surface area contributed by atoms with Gasteiger partial charge in [0.25, 0.3) is 0 Å². The first-order chi connectivity index (χ1) is 16.5. The highest BCUT2D eigenvalue weighted by molar-refractivity contribution is 7.85. The van der Waals surface area contributed by atoms with Crippen LogP contribution in [-0.2, 0) is 17.2 Å². The van der Waals surface area contributed by atoms with Gasteiger partial charge in [-0.1, -0.05) is 17.7 Å². The number of allylic oxidation sites excluding steroid dienone is 1. The molecule has 0 amide bonds. The highest BCUT2D eigenvalue weighted by atomic mass is 35.5. The summed E-state index contributed by atoms with van der Waals surface area (Å²) in [7, 11) is -1.12. The van der Waals surface area contributed by atoms with Crippen molar-refractivity contribution in [2.45, 2.75) is 55.4 Å². The Hall–Kier alpha value is -2.10. The molecule has 2 N–H and O–H groups in total. The molecule has 1 saturated carbocycles. The fourth-order valence-electron chi connectivity index (χ4n) is 5.64. The second-order valence-electron chi connectivity index (χ2n) is 10.0. The number of aromatic nitrogens is 4. The molecule has 2 aliphatic carbocycles. The van der Waals surface area contributed by atoms with Crippen LogP contribution < -0.4 is 10.2 Å². The van der Waals surface area contributed by atoms with Crippen molar-refractivity contribution in [2.75, 3.05) is 35.7 Å². The van der Waals surface area contributed by atoms with Gasteiger partial charge in [0.15, 0.2) is 5.82 Å². The minimum atomic E-state index is -1.12. The van der Waals surface area contributed by atoms with E-state index in [-0.39, 0.29) is 12.1 Å². The van der Waals surface area contributed by atoms with Crippen LogP contribution in [-0.4, -0.2) is 60.2 Å². The maximum absolute atomic E-state index is 13.1. The zero-order valence-corrected chi connectivity index (χ0v) is 20.6. The number of nitrogens with zero attached hydrogens (tertiary/aromatic N) is 5. The largest absolute Gasteiger partial charge is 0.394 e. The van der Waals surface area contributed by atoms with Crippen LogP contribution in [0, 0.1) is 11.8 Å². The van der Waals surface area contributed by atoms with Crippen molar-refractivity contribution in [2.24, 2.45) is 11.8 Å². The van der Waals surface area contributed by atoms with Crippen LogP contribution in [0.25, 0.3) is 5.57 Å². The standard InChI is InChI=1S/C24H29ClN6O2S/c25-18-10-26-21(27-11-18)15-8-16-12-31(13-17(16)9-15)23-28-19-4-1-2-7-34(33)20(19)22(29-23)30-24(14-32)5-3-6-24/h8,10-11,16-17,32H,1-7,9,12-14H2,(H,28,29,30)/t16?,17?,34-/m0/s1. The number of hydrogen-bond acceptors (Lipinski definition) is 8. The molecular weight excluding hydrogens is 472 g/mol. The number of fused-ring (bicyclic) bond motifs is 2. The maximum Gasteiger partial charge on any atom is 0.227 e. The smallest absolute Gasteiger partial charge is 0.227 e. The summed E-state index contributed by atoms with van der Waals surface area (Å²) in [4.78, 5) is 21.7. The SMILES string of the molecule is O=[S@]1CCCCc2nc(N3CC4C=C(c5ncc(Cl)cn5)CC4C3)nc(NC3(CO)CCC3)c21. The van der Waals surface area contributed by atoms with Crippen LogP contribution in [0.2, 0.25) is 5.02 Å². The lowest BCUT2D eigenvalue weighted by molar-refractivity contribution is 0.143. The number of aliphatic hydroxyl groups excluding tert-OH is 1. The zero-order valence-electron chi connectivity index (χ0n) is 19.0. The van der Waals surface area contributed by atoms with E-state index < -0.39 is 10.8 Å². The number of aryl methyl sites for hydroxylation is 1. The molecular formula is C24H29ClN6O2S. The van der Waals surface area contributed by atoms with Gasteiger partial charge in [-0.05, 0) is 62.4 Å². The molecule has 8 nitrogen and oxygen atoms in total. The topological polar surface area (TPSA) is 104 Å². The van der Waals surface area contributed by atoms with E-state index in [0.717, 1.165) is 74.4 Å². The molecule has 2 fully saturated rings. The summed E-state index contributed by atoms with van der Waals surface area (Å²) in [5.41, 5.74) is 1.73. The first-order valence-electron chi connectivity index (χ1n) is 12.2. The summed E-state index contributed by atoms with van der Waals surface area (Å²) in [6, 6.07) is 0. The summed E-state index contributed by atoms with van der Waals surface area (Å²) in [5.74, 6) is 3.65. The van der Waals surface area contributed by atoms with Crippen LogP contribution in [0.5, 0.6) is 0 Å². The third-order valence-electron chi connectivity index (χ3n) is 7.72.